The van der Waals surface area contributed by atoms with Gasteiger partial charge in [0.05, 0.1) is 0 Å². The molecular weight excluding hydrogens is 360 g/mol. The SMILES string of the molecule is CC(C)NC(=O)Nc1ccc(C(=O)Nc2cccc(-c3nccs3)c2)cc1. The topological polar surface area (TPSA) is 83.1 Å². The zero-order chi connectivity index (χ0) is 19.2. The summed E-state index contributed by atoms with van der Waals surface area (Å²) in [6, 6.07) is 14.1. The predicted molar refractivity (Wildman–Crippen MR) is 109 cm³/mol. The molecule has 3 rings (SSSR count). The highest BCUT2D eigenvalue weighted by Crippen LogP contribution is 2.24. The Hall–Kier alpha value is -3.19. The first-order valence-electron chi connectivity index (χ1n) is 8.50. The van der Waals surface area contributed by atoms with E-state index in [4.69, 9.17) is 0 Å². The van der Waals surface area contributed by atoms with Crippen LogP contribution < -0.4 is 16.0 Å². The lowest BCUT2D eigenvalue weighted by Crippen LogP contribution is -2.34. The summed E-state index contributed by atoms with van der Waals surface area (Å²) in [4.78, 5) is 28.5. The smallest absolute Gasteiger partial charge is 0.319 e. The van der Waals surface area contributed by atoms with E-state index in [0.29, 0.717) is 16.9 Å². The van der Waals surface area contributed by atoms with E-state index in [1.54, 1.807) is 41.8 Å². The minimum atomic E-state index is -0.277. The van der Waals surface area contributed by atoms with Crippen molar-refractivity contribution in [3.8, 4) is 10.6 Å². The molecule has 0 atom stereocenters. The van der Waals surface area contributed by atoms with Crippen molar-refractivity contribution >= 4 is 34.6 Å². The molecule has 0 fully saturated rings. The number of amides is 3. The van der Waals surface area contributed by atoms with E-state index in [9.17, 15) is 9.59 Å². The number of hydrogen-bond acceptors (Lipinski definition) is 4. The zero-order valence-electron chi connectivity index (χ0n) is 15.0. The van der Waals surface area contributed by atoms with Gasteiger partial charge in [0.1, 0.15) is 5.01 Å². The van der Waals surface area contributed by atoms with Crippen LogP contribution in [0.3, 0.4) is 0 Å². The molecule has 0 aliphatic carbocycles. The van der Waals surface area contributed by atoms with Crippen molar-refractivity contribution in [1.29, 1.82) is 0 Å². The van der Waals surface area contributed by atoms with Gasteiger partial charge in [-0.05, 0) is 50.2 Å². The van der Waals surface area contributed by atoms with Crippen molar-refractivity contribution in [2.45, 2.75) is 19.9 Å². The Balaban J connectivity index is 1.65. The van der Waals surface area contributed by atoms with Crippen LogP contribution in [-0.2, 0) is 0 Å². The number of carbonyl (C=O) groups is 2. The van der Waals surface area contributed by atoms with E-state index in [1.165, 1.54) is 0 Å². The molecule has 0 aliphatic heterocycles. The number of benzene rings is 2. The van der Waals surface area contributed by atoms with Crippen LogP contribution in [0, 0.1) is 0 Å². The number of anilines is 2. The summed E-state index contributed by atoms with van der Waals surface area (Å²) in [6.45, 7) is 3.77. The number of thiazole rings is 1. The summed E-state index contributed by atoms with van der Waals surface area (Å²) in [7, 11) is 0. The Morgan fingerprint density at radius 3 is 2.44 bits per heavy atom. The maximum absolute atomic E-state index is 12.5. The van der Waals surface area contributed by atoms with Crippen LogP contribution in [0.4, 0.5) is 16.2 Å². The van der Waals surface area contributed by atoms with Crippen molar-refractivity contribution in [1.82, 2.24) is 10.3 Å². The van der Waals surface area contributed by atoms with Gasteiger partial charge in [0.25, 0.3) is 5.91 Å². The van der Waals surface area contributed by atoms with Crippen molar-refractivity contribution in [2.24, 2.45) is 0 Å². The van der Waals surface area contributed by atoms with Gasteiger partial charge < -0.3 is 16.0 Å². The quantitative estimate of drug-likeness (QED) is 0.605. The number of nitrogens with zero attached hydrogens (tertiary/aromatic N) is 1. The molecule has 0 spiro atoms. The van der Waals surface area contributed by atoms with Crippen LogP contribution in [0.2, 0.25) is 0 Å². The molecule has 27 heavy (non-hydrogen) atoms. The van der Waals surface area contributed by atoms with Gasteiger partial charge in [0.2, 0.25) is 0 Å². The lowest BCUT2D eigenvalue weighted by Gasteiger charge is -2.11. The minimum Gasteiger partial charge on any atom is -0.336 e. The summed E-state index contributed by atoms with van der Waals surface area (Å²) in [6.07, 6.45) is 1.75. The van der Waals surface area contributed by atoms with Crippen LogP contribution >= 0.6 is 11.3 Å². The second kappa shape index (κ2) is 8.46. The fourth-order valence-corrected chi connectivity index (χ4v) is 3.07. The monoisotopic (exact) mass is 380 g/mol. The standard InChI is InChI=1S/C20H20N4O2S/c1-13(2)22-20(26)24-16-8-6-14(7-9-16)18(25)23-17-5-3-4-15(12-17)19-21-10-11-27-19/h3-13H,1-2H3,(H,23,25)(H2,22,24,26). The van der Waals surface area contributed by atoms with Gasteiger partial charge in [0, 0.05) is 40.1 Å². The molecule has 0 saturated carbocycles. The summed E-state index contributed by atoms with van der Waals surface area (Å²) in [5.74, 6) is -0.218. The Labute approximate surface area is 161 Å². The molecule has 3 amide bonds. The van der Waals surface area contributed by atoms with E-state index in [0.717, 1.165) is 10.6 Å². The van der Waals surface area contributed by atoms with Crippen LogP contribution in [0.15, 0.2) is 60.1 Å². The number of nitrogens with one attached hydrogen (secondary N) is 3. The Bertz CT molecular complexity index is 921. The van der Waals surface area contributed by atoms with Gasteiger partial charge in [-0.25, -0.2) is 9.78 Å². The first kappa shape index (κ1) is 18.6. The number of carbonyl (C=O) groups excluding carboxylic acids is 2. The molecule has 0 unspecified atom stereocenters. The van der Waals surface area contributed by atoms with Gasteiger partial charge in [-0.3, -0.25) is 4.79 Å². The minimum absolute atomic E-state index is 0.0511. The van der Waals surface area contributed by atoms with Gasteiger partial charge in [-0.2, -0.15) is 0 Å². The number of aromatic nitrogens is 1. The van der Waals surface area contributed by atoms with Gasteiger partial charge in [-0.1, -0.05) is 12.1 Å². The van der Waals surface area contributed by atoms with E-state index in [1.807, 2.05) is 43.5 Å². The number of hydrogen-bond donors (Lipinski definition) is 3. The first-order chi connectivity index (χ1) is 13.0. The van der Waals surface area contributed by atoms with Crippen molar-refractivity contribution < 1.29 is 9.59 Å². The third-order valence-corrected chi connectivity index (χ3v) is 4.45. The fraction of sp³-hybridized carbons (Fsp3) is 0.150. The molecule has 3 aromatic rings. The van der Waals surface area contributed by atoms with E-state index in [-0.39, 0.29) is 18.0 Å². The van der Waals surface area contributed by atoms with Gasteiger partial charge in [0.15, 0.2) is 0 Å². The Kier molecular flexibility index (Phi) is 5.83. The lowest BCUT2D eigenvalue weighted by molar-refractivity contribution is 0.102. The normalized spacial score (nSPS) is 10.5. The average Bonchev–Trinajstić information content (AvgIpc) is 3.16. The Morgan fingerprint density at radius 1 is 1.00 bits per heavy atom. The van der Waals surface area contributed by atoms with Crippen LogP contribution in [0.5, 0.6) is 0 Å². The van der Waals surface area contributed by atoms with Crippen LogP contribution in [0.1, 0.15) is 24.2 Å². The molecule has 1 heterocycles. The van der Waals surface area contributed by atoms with Crippen LogP contribution in [0.25, 0.3) is 10.6 Å². The van der Waals surface area contributed by atoms with Gasteiger partial charge in [-0.15, -0.1) is 11.3 Å². The zero-order valence-corrected chi connectivity index (χ0v) is 15.8. The summed E-state index contributed by atoms with van der Waals surface area (Å²) in [5, 5.41) is 11.2. The number of urea groups is 1. The van der Waals surface area contributed by atoms with Crippen molar-refractivity contribution in [2.75, 3.05) is 10.6 Å². The molecule has 6 nitrogen and oxygen atoms in total. The molecule has 0 saturated heterocycles. The third-order valence-electron chi connectivity index (χ3n) is 3.62. The molecule has 7 heteroatoms. The second-order valence-corrected chi connectivity index (χ2v) is 7.10. The molecule has 1 aromatic heterocycles. The molecular formula is C20H20N4O2S. The summed E-state index contributed by atoms with van der Waals surface area (Å²) >= 11 is 1.55. The van der Waals surface area contributed by atoms with Gasteiger partial charge >= 0.3 is 6.03 Å². The molecule has 0 radical (unpaired) electrons. The first-order valence-corrected chi connectivity index (χ1v) is 9.38. The van der Waals surface area contributed by atoms with E-state index >= 15 is 0 Å². The summed E-state index contributed by atoms with van der Waals surface area (Å²) in [5.41, 5.74) is 2.78. The highest BCUT2D eigenvalue weighted by molar-refractivity contribution is 7.13. The van der Waals surface area contributed by atoms with E-state index in [2.05, 4.69) is 20.9 Å². The summed E-state index contributed by atoms with van der Waals surface area (Å²) < 4.78 is 0. The third kappa shape index (κ3) is 5.15. The maximum Gasteiger partial charge on any atom is 0.319 e. The second-order valence-electron chi connectivity index (χ2n) is 6.20. The molecule has 0 aliphatic rings. The highest BCUT2D eigenvalue weighted by atomic mass is 32.1. The molecule has 3 N–H and O–H groups in total. The van der Waals surface area contributed by atoms with Crippen molar-refractivity contribution in [3.05, 3.63) is 65.7 Å². The predicted octanol–water partition coefficient (Wildman–Crippen LogP) is 4.59. The Morgan fingerprint density at radius 2 is 1.78 bits per heavy atom. The van der Waals surface area contributed by atoms with E-state index < -0.39 is 0 Å². The highest BCUT2D eigenvalue weighted by Gasteiger charge is 2.09. The molecule has 2 aromatic carbocycles. The number of rotatable bonds is 5. The fourth-order valence-electron chi connectivity index (χ4n) is 2.43. The largest absolute Gasteiger partial charge is 0.336 e. The lowest BCUT2D eigenvalue weighted by atomic mass is 10.1. The van der Waals surface area contributed by atoms with Crippen molar-refractivity contribution in [3.63, 3.8) is 0 Å². The molecule has 138 valence electrons. The maximum atomic E-state index is 12.5. The van der Waals surface area contributed by atoms with Crippen LogP contribution in [-0.4, -0.2) is 23.0 Å². The average molecular weight is 380 g/mol. The molecule has 0 bridgehead atoms.